The maximum atomic E-state index is 9.58. The van der Waals surface area contributed by atoms with E-state index < -0.39 is 5.79 Å². The molecule has 1 saturated heterocycles. The zero-order valence-electron chi connectivity index (χ0n) is 12.9. The van der Waals surface area contributed by atoms with Gasteiger partial charge in [-0.3, -0.25) is 0 Å². The van der Waals surface area contributed by atoms with Crippen molar-refractivity contribution in [1.29, 1.82) is 0 Å². The predicted molar refractivity (Wildman–Crippen MR) is 77.8 cm³/mol. The van der Waals surface area contributed by atoms with E-state index in [2.05, 4.69) is 15.0 Å². The van der Waals surface area contributed by atoms with Crippen molar-refractivity contribution in [2.45, 2.75) is 37.9 Å². The van der Waals surface area contributed by atoms with E-state index in [-0.39, 0.29) is 57.6 Å². The second-order valence-electron chi connectivity index (χ2n) is 5.99. The Hall–Kier alpha value is -0.926. The number of imidazole rings is 1. The van der Waals surface area contributed by atoms with Gasteiger partial charge in [0.05, 0.1) is 19.0 Å². The number of rotatable bonds is 2. The van der Waals surface area contributed by atoms with Crippen LogP contribution < -0.4 is 5.73 Å². The summed E-state index contributed by atoms with van der Waals surface area (Å²) >= 11 is 0. The number of hydrogen-bond acceptors (Lipinski definition) is 7. The minimum absolute atomic E-state index is 0. The summed E-state index contributed by atoms with van der Waals surface area (Å²) in [6, 6.07) is -0.159. The van der Waals surface area contributed by atoms with Gasteiger partial charge < -0.3 is 24.9 Å². The Balaban J connectivity index is 0.00000156. The molecule has 3 N–H and O–H groups in total. The summed E-state index contributed by atoms with van der Waals surface area (Å²) in [4.78, 5) is 12.5. The number of anilines is 1. The van der Waals surface area contributed by atoms with E-state index in [9.17, 15) is 5.11 Å². The molecule has 2 aliphatic rings. The molecule has 0 amide bonds. The van der Waals surface area contributed by atoms with Gasteiger partial charge in [-0.25, -0.2) is 15.0 Å². The van der Waals surface area contributed by atoms with Crippen LogP contribution in [0.5, 0.6) is 0 Å². The Bertz CT molecular complexity index is 775. The van der Waals surface area contributed by atoms with Crippen LogP contribution in [-0.4, -0.2) is 49.2 Å². The normalized spacial score (nSPS) is 28.5. The molecular weight excluding hydrogens is 375 g/mol. The molecule has 23 heavy (non-hydrogen) atoms. The average Bonchev–Trinajstić information content (AvgIpc) is 3.10. The molecule has 4 rings (SSSR count). The fourth-order valence-electron chi connectivity index (χ4n) is 3.20. The largest absolute Gasteiger partial charge is 0.392 e. The van der Waals surface area contributed by atoms with Crippen molar-refractivity contribution in [2.75, 3.05) is 12.3 Å². The van der Waals surface area contributed by atoms with E-state index in [1.807, 2.05) is 24.5 Å². The molecule has 3 heterocycles. The standard InChI is InChI=1S/C14H17N5O3.Y/c1-14(2)21-10-7(4-20)3-8(11(10)22-14)19-6-18-9-12(15)16-5-17-13(9)19;/h3,5-6,8,10-11,20H,4H2,1-2H3,(H2,15,16,17);/t8-,10-,11+;/m1./s1. The summed E-state index contributed by atoms with van der Waals surface area (Å²) in [6.45, 7) is 3.66. The van der Waals surface area contributed by atoms with Crippen molar-refractivity contribution in [3.63, 3.8) is 0 Å². The fourth-order valence-corrected chi connectivity index (χ4v) is 3.20. The second-order valence-corrected chi connectivity index (χ2v) is 5.99. The third-order valence-corrected chi connectivity index (χ3v) is 4.11. The van der Waals surface area contributed by atoms with Gasteiger partial charge in [-0.05, 0) is 19.4 Å². The number of nitrogens with zero attached hydrogens (tertiary/aromatic N) is 4. The fraction of sp³-hybridized carbons (Fsp3) is 0.500. The van der Waals surface area contributed by atoms with Crippen LogP contribution in [0.25, 0.3) is 11.2 Å². The van der Waals surface area contributed by atoms with E-state index >= 15 is 0 Å². The van der Waals surface area contributed by atoms with Gasteiger partial charge in [0, 0.05) is 32.7 Å². The monoisotopic (exact) mass is 392 g/mol. The number of aliphatic hydroxyl groups excluding tert-OH is 1. The topological polar surface area (TPSA) is 108 Å². The first-order chi connectivity index (χ1) is 10.5. The van der Waals surface area contributed by atoms with Gasteiger partial charge in [0.1, 0.15) is 24.1 Å². The maximum Gasteiger partial charge on any atom is 0.166 e. The summed E-state index contributed by atoms with van der Waals surface area (Å²) in [6.07, 6.45) is 4.54. The van der Waals surface area contributed by atoms with Crippen molar-refractivity contribution in [2.24, 2.45) is 0 Å². The van der Waals surface area contributed by atoms with Crippen molar-refractivity contribution in [3.8, 4) is 0 Å². The molecule has 1 aliphatic heterocycles. The predicted octanol–water partition coefficient (Wildman–Crippen LogP) is 0.399. The molecular formula is C14H17N5O3Y. The first-order valence-electron chi connectivity index (χ1n) is 7.10. The van der Waals surface area contributed by atoms with Crippen LogP contribution >= 0.6 is 0 Å². The van der Waals surface area contributed by atoms with E-state index in [4.69, 9.17) is 15.2 Å². The molecule has 0 bridgehead atoms. The third-order valence-electron chi connectivity index (χ3n) is 4.11. The van der Waals surface area contributed by atoms with Crippen LogP contribution in [0.1, 0.15) is 19.9 Å². The number of aliphatic hydroxyl groups is 1. The first kappa shape index (κ1) is 16.9. The number of hydrogen-bond donors (Lipinski definition) is 2. The van der Waals surface area contributed by atoms with Crippen LogP contribution in [0.4, 0.5) is 5.82 Å². The van der Waals surface area contributed by atoms with Crippen molar-refractivity contribution < 1.29 is 47.3 Å². The maximum absolute atomic E-state index is 9.58. The smallest absolute Gasteiger partial charge is 0.166 e. The Morgan fingerprint density at radius 1 is 1.30 bits per heavy atom. The minimum Gasteiger partial charge on any atom is -0.392 e. The van der Waals surface area contributed by atoms with Gasteiger partial charge >= 0.3 is 0 Å². The number of fused-ring (bicyclic) bond motifs is 2. The van der Waals surface area contributed by atoms with E-state index in [0.717, 1.165) is 5.57 Å². The van der Waals surface area contributed by atoms with Gasteiger partial charge in [0.15, 0.2) is 17.3 Å². The van der Waals surface area contributed by atoms with Crippen molar-refractivity contribution in [3.05, 3.63) is 24.3 Å². The van der Waals surface area contributed by atoms with E-state index in [1.54, 1.807) is 6.33 Å². The van der Waals surface area contributed by atoms with Crippen molar-refractivity contribution in [1.82, 2.24) is 19.5 Å². The third kappa shape index (κ3) is 2.62. The molecule has 3 atom stereocenters. The molecule has 0 spiro atoms. The number of aromatic nitrogens is 4. The zero-order valence-corrected chi connectivity index (χ0v) is 15.7. The Labute approximate surface area is 158 Å². The molecule has 1 fully saturated rings. The molecule has 2 aromatic heterocycles. The molecule has 119 valence electrons. The molecule has 1 aliphatic carbocycles. The van der Waals surface area contributed by atoms with Gasteiger partial charge in [-0.1, -0.05) is 6.08 Å². The van der Waals surface area contributed by atoms with Gasteiger partial charge in [0.25, 0.3) is 0 Å². The van der Waals surface area contributed by atoms with Crippen LogP contribution in [0.2, 0.25) is 0 Å². The van der Waals surface area contributed by atoms with Gasteiger partial charge in [0.2, 0.25) is 0 Å². The number of ether oxygens (including phenoxy) is 2. The van der Waals surface area contributed by atoms with E-state index in [1.165, 1.54) is 6.33 Å². The SMILES string of the molecule is CC1(C)O[C@@H]2[C@H](O1)C(CO)=C[C@H]2n1cnc2c(N)ncnc21.[Y]. The number of nitrogen functional groups attached to an aromatic ring is 1. The van der Waals surface area contributed by atoms with Crippen molar-refractivity contribution >= 4 is 17.0 Å². The Morgan fingerprint density at radius 2 is 2.09 bits per heavy atom. The summed E-state index contributed by atoms with van der Waals surface area (Å²) in [5.74, 6) is -0.347. The van der Waals surface area contributed by atoms with E-state index in [0.29, 0.717) is 17.0 Å². The quantitative estimate of drug-likeness (QED) is 0.713. The molecule has 0 unspecified atom stereocenters. The zero-order chi connectivity index (χ0) is 15.5. The second kappa shape index (κ2) is 5.86. The van der Waals surface area contributed by atoms with Crippen LogP contribution in [0.15, 0.2) is 24.3 Å². The first-order valence-corrected chi connectivity index (χ1v) is 7.10. The molecule has 8 nitrogen and oxygen atoms in total. The molecule has 1 radical (unpaired) electrons. The summed E-state index contributed by atoms with van der Waals surface area (Å²) in [5.41, 5.74) is 7.84. The number of nitrogens with two attached hydrogens (primary N) is 1. The van der Waals surface area contributed by atoms with Crippen LogP contribution in [0.3, 0.4) is 0 Å². The molecule has 9 heteroatoms. The summed E-state index contributed by atoms with van der Waals surface area (Å²) in [7, 11) is 0. The summed E-state index contributed by atoms with van der Waals surface area (Å²) < 4.78 is 13.8. The Morgan fingerprint density at radius 3 is 2.83 bits per heavy atom. The molecule has 0 saturated carbocycles. The van der Waals surface area contributed by atoms with Crippen LogP contribution in [-0.2, 0) is 42.2 Å². The van der Waals surface area contributed by atoms with Crippen LogP contribution in [0, 0.1) is 0 Å². The van der Waals surface area contributed by atoms with Gasteiger partial charge in [-0.2, -0.15) is 0 Å². The minimum atomic E-state index is -0.688. The summed E-state index contributed by atoms with van der Waals surface area (Å²) in [5, 5.41) is 9.58. The van der Waals surface area contributed by atoms with Gasteiger partial charge in [-0.15, -0.1) is 0 Å². The molecule has 2 aromatic rings. The molecule has 0 aromatic carbocycles. The Kier molecular flexibility index (Phi) is 4.31. The average molecular weight is 392 g/mol.